The van der Waals surface area contributed by atoms with Gasteiger partial charge in [-0.1, -0.05) is 6.92 Å². The van der Waals surface area contributed by atoms with E-state index in [9.17, 15) is 0 Å². The molecule has 2 heterocycles. The highest BCUT2D eigenvalue weighted by molar-refractivity contribution is 7.09. The highest BCUT2D eigenvalue weighted by Crippen LogP contribution is 2.19. The molecule has 0 amide bonds. The molecule has 2 unspecified atom stereocenters. The molecule has 0 bridgehead atoms. The summed E-state index contributed by atoms with van der Waals surface area (Å²) >= 11 is 1.75. The number of aromatic nitrogens is 1. The molecule has 1 fully saturated rings. The van der Waals surface area contributed by atoms with Crippen LogP contribution in [0.25, 0.3) is 0 Å². The first-order valence-electron chi connectivity index (χ1n) is 7.13. The van der Waals surface area contributed by atoms with Crippen LogP contribution in [-0.4, -0.2) is 42.1 Å². The van der Waals surface area contributed by atoms with Crippen LogP contribution in [-0.2, 0) is 6.42 Å². The molecule has 0 saturated carbocycles. The van der Waals surface area contributed by atoms with E-state index in [4.69, 9.17) is 0 Å². The average Bonchev–Trinajstić information content (AvgIpc) is 2.92. The Labute approximate surface area is 115 Å². The zero-order valence-corrected chi connectivity index (χ0v) is 12.4. The Morgan fingerprint density at radius 3 is 3.22 bits per heavy atom. The molecule has 1 aliphatic heterocycles. The fourth-order valence-corrected chi connectivity index (χ4v) is 3.36. The maximum atomic E-state index is 4.32. The highest BCUT2D eigenvalue weighted by atomic mass is 32.1. The number of likely N-dealkylation sites (tertiary alicyclic amines) is 1. The smallest absolute Gasteiger partial charge is 0.0937 e. The second kappa shape index (κ2) is 7.22. The van der Waals surface area contributed by atoms with Crippen LogP contribution in [0.15, 0.2) is 11.6 Å². The molecule has 2 rings (SSSR count). The third-order valence-electron chi connectivity index (χ3n) is 3.98. The van der Waals surface area contributed by atoms with Crippen LogP contribution in [0.5, 0.6) is 0 Å². The van der Waals surface area contributed by atoms with Crippen molar-refractivity contribution in [1.82, 2.24) is 15.2 Å². The van der Waals surface area contributed by atoms with Crippen LogP contribution in [0.1, 0.15) is 31.7 Å². The standard InChI is InChI=1S/C14H25N3S/c1-3-17-9-4-5-13(11-17)12(2)15-7-6-14-16-8-10-18-14/h8,10,12-13,15H,3-7,9,11H2,1-2H3. The number of hydrogen-bond acceptors (Lipinski definition) is 4. The summed E-state index contributed by atoms with van der Waals surface area (Å²) < 4.78 is 0. The Balaban J connectivity index is 1.68. The minimum Gasteiger partial charge on any atom is -0.314 e. The molecule has 4 heteroatoms. The monoisotopic (exact) mass is 267 g/mol. The zero-order chi connectivity index (χ0) is 12.8. The minimum absolute atomic E-state index is 0.624. The molecule has 0 aliphatic carbocycles. The maximum Gasteiger partial charge on any atom is 0.0937 e. The van der Waals surface area contributed by atoms with E-state index in [-0.39, 0.29) is 0 Å². The van der Waals surface area contributed by atoms with Gasteiger partial charge in [0.25, 0.3) is 0 Å². The van der Waals surface area contributed by atoms with Crippen molar-refractivity contribution in [2.75, 3.05) is 26.2 Å². The molecule has 1 saturated heterocycles. The zero-order valence-electron chi connectivity index (χ0n) is 11.6. The quantitative estimate of drug-likeness (QED) is 0.858. The van der Waals surface area contributed by atoms with Gasteiger partial charge in [0.15, 0.2) is 0 Å². The highest BCUT2D eigenvalue weighted by Gasteiger charge is 2.23. The summed E-state index contributed by atoms with van der Waals surface area (Å²) in [5.74, 6) is 0.815. The summed E-state index contributed by atoms with van der Waals surface area (Å²) in [4.78, 5) is 6.90. The predicted octanol–water partition coefficient (Wildman–Crippen LogP) is 2.40. The predicted molar refractivity (Wildman–Crippen MR) is 78.1 cm³/mol. The number of nitrogens with zero attached hydrogens (tertiary/aromatic N) is 2. The van der Waals surface area contributed by atoms with Crippen molar-refractivity contribution in [3.05, 3.63) is 16.6 Å². The Bertz CT molecular complexity index is 326. The van der Waals surface area contributed by atoms with Gasteiger partial charge in [-0.3, -0.25) is 0 Å². The summed E-state index contributed by atoms with van der Waals surface area (Å²) in [6.07, 6.45) is 5.69. The molecule has 1 aliphatic rings. The lowest BCUT2D eigenvalue weighted by atomic mass is 9.91. The van der Waals surface area contributed by atoms with Crippen LogP contribution in [0.2, 0.25) is 0 Å². The van der Waals surface area contributed by atoms with Gasteiger partial charge in [-0.2, -0.15) is 0 Å². The third-order valence-corrected chi connectivity index (χ3v) is 4.82. The van der Waals surface area contributed by atoms with Crippen molar-refractivity contribution < 1.29 is 0 Å². The normalized spacial score (nSPS) is 23.1. The maximum absolute atomic E-state index is 4.32. The van der Waals surface area contributed by atoms with Gasteiger partial charge >= 0.3 is 0 Å². The Morgan fingerprint density at radius 1 is 1.61 bits per heavy atom. The van der Waals surface area contributed by atoms with Gasteiger partial charge in [0.1, 0.15) is 0 Å². The molecular weight excluding hydrogens is 242 g/mol. The lowest BCUT2D eigenvalue weighted by molar-refractivity contribution is 0.157. The Kier molecular flexibility index (Phi) is 5.60. The van der Waals surface area contributed by atoms with Crippen LogP contribution in [0, 0.1) is 5.92 Å². The average molecular weight is 267 g/mol. The Hall–Kier alpha value is -0.450. The first kappa shape index (κ1) is 14.0. The number of hydrogen-bond donors (Lipinski definition) is 1. The van der Waals surface area contributed by atoms with E-state index in [0.29, 0.717) is 6.04 Å². The molecule has 1 aromatic rings. The summed E-state index contributed by atoms with van der Waals surface area (Å²) in [6, 6.07) is 0.624. The first-order chi connectivity index (χ1) is 8.79. The fraction of sp³-hybridized carbons (Fsp3) is 0.786. The molecule has 1 aromatic heterocycles. The van der Waals surface area contributed by atoms with Crippen molar-refractivity contribution in [2.24, 2.45) is 5.92 Å². The van der Waals surface area contributed by atoms with Gasteiger partial charge in [-0.05, 0) is 38.8 Å². The van der Waals surface area contributed by atoms with Gasteiger partial charge in [0.2, 0.25) is 0 Å². The number of rotatable bonds is 6. The molecule has 102 valence electrons. The molecule has 3 nitrogen and oxygen atoms in total. The van der Waals surface area contributed by atoms with Crippen LogP contribution in [0.3, 0.4) is 0 Å². The summed E-state index contributed by atoms with van der Waals surface area (Å²) in [7, 11) is 0. The first-order valence-corrected chi connectivity index (χ1v) is 8.01. The van der Waals surface area contributed by atoms with E-state index in [2.05, 4.69) is 34.4 Å². The number of nitrogens with one attached hydrogen (secondary N) is 1. The third kappa shape index (κ3) is 4.04. The van der Waals surface area contributed by atoms with Gasteiger partial charge in [-0.25, -0.2) is 4.98 Å². The van der Waals surface area contributed by atoms with Crippen molar-refractivity contribution in [2.45, 2.75) is 39.2 Å². The summed E-state index contributed by atoms with van der Waals surface area (Å²) in [5, 5.41) is 6.97. The fourth-order valence-electron chi connectivity index (χ4n) is 2.74. The van der Waals surface area contributed by atoms with Gasteiger partial charge in [0.05, 0.1) is 5.01 Å². The van der Waals surface area contributed by atoms with Gasteiger partial charge < -0.3 is 10.2 Å². The minimum atomic E-state index is 0.624. The second-order valence-corrected chi connectivity index (χ2v) is 6.19. The van der Waals surface area contributed by atoms with Crippen molar-refractivity contribution in [3.63, 3.8) is 0 Å². The van der Waals surface area contributed by atoms with Crippen LogP contribution in [0.4, 0.5) is 0 Å². The Morgan fingerprint density at radius 2 is 2.50 bits per heavy atom. The van der Waals surface area contributed by atoms with Crippen molar-refractivity contribution >= 4 is 11.3 Å². The summed E-state index contributed by atoms with van der Waals surface area (Å²) in [5.41, 5.74) is 0. The largest absolute Gasteiger partial charge is 0.314 e. The van der Waals surface area contributed by atoms with Gasteiger partial charge in [-0.15, -0.1) is 11.3 Å². The van der Waals surface area contributed by atoms with E-state index >= 15 is 0 Å². The molecule has 2 atom stereocenters. The molecule has 0 spiro atoms. The molecule has 18 heavy (non-hydrogen) atoms. The lowest BCUT2D eigenvalue weighted by Gasteiger charge is -2.35. The molecule has 0 aromatic carbocycles. The van der Waals surface area contributed by atoms with Crippen LogP contribution < -0.4 is 5.32 Å². The van der Waals surface area contributed by atoms with E-state index in [1.807, 2.05) is 6.20 Å². The van der Waals surface area contributed by atoms with E-state index < -0.39 is 0 Å². The van der Waals surface area contributed by atoms with Crippen LogP contribution >= 0.6 is 11.3 Å². The van der Waals surface area contributed by atoms with Gasteiger partial charge in [0, 0.05) is 37.1 Å². The topological polar surface area (TPSA) is 28.2 Å². The number of piperidine rings is 1. The summed E-state index contributed by atoms with van der Waals surface area (Å²) in [6.45, 7) is 9.41. The van der Waals surface area contributed by atoms with E-state index in [0.717, 1.165) is 18.9 Å². The SMILES string of the molecule is CCN1CCCC(C(C)NCCc2nccs2)C1. The van der Waals surface area contributed by atoms with E-state index in [1.165, 1.54) is 37.5 Å². The molecule has 0 radical (unpaired) electrons. The molecule has 1 N–H and O–H groups in total. The lowest BCUT2D eigenvalue weighted by Crippen LogP contribution is -2.44. The molecular formula is C14H25N3S. The number of thiazole rings is 1. The van der Waals surface area contributed by atoms with Crippen molar-refractivity contribution in [1.29, 1.82) is 0 Å². The second-order valence-electron chi connectivity index (χ2n) is 5.21. The van der Waals surface area contributed by atoms with E-state index in [1.54, 1.807) is 11.3 Å². The van der Waals surface area contributed by atoms with Crippen molar-refractivity contribution in [3.8, 4) is 0 Å².